The SMILES string of the molecule is CCNC(=NCC(O)c1ccccc1Cl)NCCSC.I. The number of guanidine groups is 1. The second-order valence-corrected chi connectivity index (χ2v) is 5.57. The fourth-order valence-electron chi connectivity index (χ4n) is 1.63. The summed E-state index contributed by atoms with van der Waals surface area (Å²) in [4.78, 5) is 4.38. The number of aliphatic hydroxyl groups excluding tert-OH is 1. The average Bonchev–Trinajstić information content (AvgIpc) is 2.45. The molecule has 1 aromatic rings. The van der Waals surface area contributed by atoms with E-state index in [2.05, 4.69) is 21.9 Å². The number of aliphatic hydroxyl groups is 1. The molecule has 0 radical (unpaired) electrons. The van der Waals surface area contributed by atoms with Crippen molar-refractivity contribution in [3.05, 3.63) is 34.9 Å². The lowest BCUT2D eigenvalue weighted by Gasteiger charge is -2.13. The average molecular weight is 444 g/mol. The number of halogens is 2. The van der Waals surface area contributed by atoms with Crippen molar-refractivity contribution in [2.45, 2.75) is 13.0 Å². The van der Waals surface area contributed by atoms with E-state index in [0.717, 1.165) is 18.8 Å². The molecule has 0 bridgehead atoms. The predicted molar refractivity (Wildman–Crippen MR) is 104 cm³/mol. The first-order valence-corrected chi connectivity index (χ1v) is 8.39. The minimum atomic E-state index is -0.695. The number of nitrogens with zero attached hydrogens (tertiary/aromatic N) is 1. The third kappa shape index (κ3) is 8.13. The van der Waals surface area contributed by atoms with Crippen LogP contribution < -0.4 is 10.6 Å². The van der Waals surface area contributed by atoms with Gasteiger partial charge in [0.25, 0.3) is 0 Å². The fourth-order valence-corrected chi connectivity index (χ4v) is 2.20. The first-order chi connectivity index (χ1) is 9.69. The largest absolute Gasteiger partial charge is 0.386 e. The Labute approximate surface area is 153 Å². The molecule has 0 amide bonds. The lowest BCUT2D eigenvalue weighted by atomic mass is 10.1. The molecule has 0 heterocycles. The lowest BCUT2D eigenvalue weighted by molar-refractivity contribution is 0.187. The Morgan fingerprint density at radius 3 is 2.71 bits per heavy atom. The first kappa shape index (κ1) is 20.8. The van der Waals surface area contributed by atoms with Crippen LogP contribution in [0.25, 0.3) is 0 Å². The van der Waals surface area contributed by atoms with Crippen molar-refractivity contribution >= 4 is 53.3 Å². The second-order valence-electron chi connectivity index (χ2n) is 4.18. The molecule has 0 aromatic heterocycles. The van der Waals surface area contributed by atoms with Crippen LogP contribution in [0.15, 0.2) is 29.3 Å². The monoisotopic (exact) mass is 443 g/mol. The highest BCUT2D eigenvalue weighted by molar-refractivity contribution is 14.0. The third-order valence-electron chi connectivity index (χ3n) is 2.63. The van der Waals surface area contributed by atoms with Gasteiger partial charge in [-0.3, -0.25) is 4.99 Å². The molecule has 0 fully saturated rings. The Morgan fingerprint density at radius 2 is 2.10 bits per heavy atom. The van der Waals surface area contributed by atoms with Crippen molar-refractivity contribution in [2.75, 3.05) is 31.6 Å². The molecule has 120 valence electrons. The first-order valence-electron chi connectivity index (χ1n) is 6.62. The summed E-state index contributed by atoms with van der Waals surface area (Å²) < 4.78 is 0. The highest BCUT2D eigenvalue weighted by Gasteiger charge is 2.10. The lowest BCUT2D eigenvalue weighted by Crippen LogP contribution is -2.38. The smallest absolute Gasteiger partial charge is 0.191 e. The maximum Gasteiger partial charge on any atom is 0.191 e. The van der Waals surface area contributed by atoms with Crippen LogP contribution in [0, 0.1) is 0 Å². The van der Waals surface area contributed by atoms with Crippen LogP contribution in [0.5, 0.6) is 0 Å². The van der Waals surface area contributed by atoms with Gasteiger partial charge in [0.1, 0.15) is 6.10 Å². The Kier molecular flexibility index (Phi) is 12.3. The van der Waals surface area contributed by atoms with Gasteiger partial charge in [0.05, 0.1) is 6.54 Å². The van der Waals surface area contributed by atoms with Gasteiger partial charge >= 0.3 is 0 Å². The van der Waals surface area contributed by atoms with Crippen molar-refractivity contribution in [2.24, 2.45) is 4.99 Å². The zero-order valence-corrected chi connectivity index (χ0v) is 16.2. The van der Waals surface area contributed by atoms with Crippen LogP contribution in [0.3, 0.4) is 0 Å². The molecule has 0 spiro atoms. The van der Waals surface area contributed by atoms with E-state index in [-0.39, 0.29) is 30.5 Å². The molecule has 1 atom stereocenters. The molecule has 0 aliphatic rings. The van der Waals surface area contributed by atoms with Gasteiger partial charge in [0.2, 0.25) is 0 Å². The highest BCUT2D eigenvalue weighted by atomic mass is 127. The van der Waals surface area contributed by atoms with Crippen LogP contribution in [0.1, 0.15) is 18.6 Å². The Bertz CT molecular complexity index is 434. The van der Waals surface area contributed by atoms with Gasteiger partial charge in [-0.25, -0.2) is 0 Å². The molecular formula is C14H23ClIN3OS. The number of aliphatic imine (C=N–C) groups is 1. The molecule has 1 aromatic carbocycles. The maximum absolute atomic E-state index is 10.1. The van der Waals surface area contributed by atoms with Crippen molar-refractivity contribution < 1.29 is 5.11 Å². The molecule has 0 aliphatic heterocycles. The van der Waals surface area contributed by atoms with Gasteiger partial charge < -0.3 is 15.7 Å². The molecule has 1 rings (SSSR count). The summed E-state index contributed by atoms with van der Waals surface area (Å²) in [5.74, 6) is 1.73. The number of hydrogen-bond donors (Lipinski definition) is 3. The standard InChI is InChI=1S/C14H22ClN3OS.HI/c1-3-16-14(17-8-9-20-2)18-10-13(19)11-6-4-5-7-12(11)15;/h4-7,13,19H,3,8-10H2,1-2H3,(H2,16,17,18);1H. The van der Waals surface area contributed by atoms with Crippen molar-refractivity contribution in [3.8, 4) is 0 Å². The molecule has 0 saturated heterocycles. The van der Waals surface area contributed by atoms with Crippen molar-refractivity contribution in [1.82, 2.24) is 10.6 Å². The summed E-state index contributed by atoms with van der Waals surface area (Å²) >= 11 is 7.83. The van der Waals surface area contributed by atoms with Gasteiger partial charge in [-0.2, -0.15) is 11.8 Å². The minimum absolute atomic E-state index is 0. The summed E-state index contributed by atoms with van der Waals surface area (Å²) in [5.41, 5.74) is 0.706. The quantitative estimate of drug-likeness (QED) is 0.262. The molecule has 0 aliphatic carbocycles. The van der Waals surface area contributed by atoms with Crippen LogP contribution in [-0.4, -0.2) is 42.7 Å². The summed E-state index contributed by atoms with van der Waals surface area (Å²) in [6.45, 7) is 3.91. The fraction of sp³-hybridized carbons (Fsp3) is 0.500. The third-order valence-corrected chi connectivity index (χ3v) is 3.59. The number of benzene rings is 1. The van der Waals surface area contributed by atoms with E-state index in [0.29, 0.717) is 16.5 Å². The highest BCUT2D eigenvalue weighted by Crippen LogP contribution is 2.22. The maximum atomic E-state index is 10.1. The number of thioether (sulfide) groups is 1. The van der Waals surface area contributed by atoms with Gasteiger partial charge in [-0.05, 0) is 19.2 Å². The van der Waals surface area contributed by atoms with Crippen LogP contribution >= 0.6 is 47.3 Å². The topological polar surface area (TPSA) is 56.7 Å². The molecule has 0 saturated carbocycles. The summed E-state index contributed by atoms with van der Waals surface area (Å²) in [6.07, 6.45) is 1.37. The van der Waals surface area contributed by atoms with E-state index in [1.54, 1.807) is 17.8 Å². The molecule has 4 nitrogen and oxygen atoms in total. The van der Waals surface area contributed by atoms with Gasteiger partial charge in [0, 0.05) is 29.4 Å². The van der Waals surface area contributed by atoms with Crippen LogP contribution in [0.4, 0.5) is 0 Å². The van der Waals surface area contributed by atoms with Crippen molar-refractivity contribution in [3.63, 3.8) is 0 Å². The summed E-state index contributed by atoms with van der Waals surface area (Å²) in [6, 6.07) is 7.29. The van der Waals surface area contributed by atoms with Gasteiger partial charge in [0.15, 0.2) is 5.96 Å². The number of nitrogens with one attached hydrogen (secondary N) is 2. The Morgan fingerprint density at radius 1 is 1.38 bits per heavy atom. The van der Waals surface area contributed by atoms with E-state index < -0.39 is 6.10 Å². The van der Waals surface area contributed by atoms with E-state index in [1.807, 2.05) is 25.1 Å². The van der Waals surface area contributed by atoms with Crippen LogP contribution in [-0.2, 0) is 0 Å². The zero-order valence-electron chi connectivity index (χ0n) is 12.3. The van der Waals surface area contributed by atoms with E-state index in [4.69, 9.17) is 11.6 Å². The molecule has 1 unspecified atom stereocenters. The van der Waals surface area contributed by atoms with Gasteiger partial charge in [-0.1, -0.05) is 29.8 Å². The van der Waals surface area contributed by atoms with Gasteiger partial charge in [-0.15, -0.1) is 24.0 Å². The number of rotatable bonds is 7. The molecule has 3 N–H and O–H groups in total. The molecular weight excluding hydrogens is 421 g/mol. The zero-order chi connectivity index (χ0) is 14.8. The molecule has 7 heteroatoms. The van der Waals surface area contributed by atoms with Crippen LogP contribution in [0.2, 0.25) is 5.02 Å². The number of hydrogen-bond acceptors (Lipinski definition) is 3. The van der Waals surface area contributed by atoms with E-state index in [9.17, 15) is 5.11 Å². The summed E-state index contributed by atoms with van der Waals surface area (Å²) in [7, 11) is 0. The Hall–Kier alpha value is -0.180. The van der Waals surface area contributed by atoms with Crippen molar-refractivity contribution in [1.29, 1.82) is 0 Å². The van der Waals surface area contributed by atoms with E-state index in [1.165, 1.54) is 0 Å². The second kappa shape index (κ2) is 12.4. The Balaban J connectivity index is 0.00000400. The summed E-state index contributed by atoms with van der Waals surface area (Å²) in [5, 5.41) is 17.1. The van der Waals surface area contributed by atoms with E-state index >= 15 is 0 Å². The molecule has 21 heavy (non-hydrogen) atoms. The normalized spacial score (nSPS) is 12.5. The predicted octanol–water partition coefficient (Wildman–Crippen LogP) is 2.91. The minimum Gasteiger partial charge on any atom is -0.386 e.